The van der Waals surface area contributed by atoms with Crippen LogP contribution in [0.25, 0.3) is 0 Å². The zero-order chi connectivity index (χ0) is 22.2. The monoisotopic (exact) mass is 443 g/mol. The van der Waals surface area contributed by atoms with E-state index in [0.29, 0.717) is 19.4 Å². The van der Waals surface area contributed by atoms with Gasteiger partial charge in [0.25, 0.3) is 0 Å². The van der Waals surface area contributed by atoms with E-state index in [-0.39, 0.29) is 18.9 Å². The molecule has 0 saturated carbocycles. The summed E-state index contributed by atoms with van der Waals surface area (Å²) in [5.74, 6) is -0.529. The Morgan fingerprint density at radius 3 is 2.77 bits per heavy atom. The summed E-state index contributed by atoms with van der Waals surface area (Å²) in [6, 6.07) is 5.81. The highest BCUT2D eigenvalue weighted by atomic mass is 32.2. The van der Waals surface area contributed by atoms with Crippen LogP contribution in [0.2, 0.25) is 0 Å². The number of aliphatic carboxylic acids is 1. The lowest BCUT2D eigenvalue weighted by molar-refractivity contribution is -0.142. The lowest BCUT2D eigenvalue weighted by Crippen LogP contribution is -2.39. The first-order valence-electron chi connectivity index (χ1n) is 10.3. The Balaban J connectivity index is 2.01. The molecule has 0 saturated heterocycles. The fourth-order valence-corrected chi connectivity index (χ4v) is 4.57. The second-order valence-corrected chi connectivity index (χ2v) is 9.93. The Morgan fingerprint density at radius 2 is 2.07 bits per heavy atom. The number of unbranched alkanes of at least 4 members (excludes halogenated alkanes) is 1. The molecule has 0 aliphatic carbocycles. The van der Waals surface area contributed by atoms with E-state index in [1.807, 2.05) is 32.0 Å². The molecule has 1 aliphatic rings. The zero-order valence-electron chi connectivity index (χ0n) is 18.0. The molecule has 1 atom stereocenters. The smallest absolute Gasteiger partial charge is 0.329 e. The number of fused-ring (bicyclic) bond motifs is 1. The molecule has 8 nitrogen and oxygen atoms in total. The molecule has 2 rings (SSSR count). The molecule has 0 bridgehead atoms. The molecule has 1 unspecified atom stereocenters. The highest BCUT2D eigenvalue weighted by Gasteiger charge is 2.35. The average molecular weight is 444 g/mol. The summed E-state index contributed by atoms with van der Waals surface area (Å²) in [5, 5.41) is 8.52. The van der Waals surface area contributed by atoms with Crippen LogP contribution < -0.4 is 9.46 Å². The Morgan fingerprint density at radius 1 is 1.30 bits per heavy atom. The third kappa shape index (κ3) is 8.22. The van der Waals surface area contributed by atoms with Gasteiger partial charge in [0, 0.05) is 19.6 Å². The van der Waals surface area contributed by atoms with Gasteiger partial charge >= 0.3 is 5.97 Å². The van der Waals surface area contributed by atoms with Crippen molar-refractivity contribution < 1.29 is 32.5 Å². The van der Waals surface area contributed by atoms with Crippen molar-refractivity contribution in [1.29, 1.82) is 0 Å². The molecular formula is C21H33NO7S. The van der Waals surface area contributed by atoms with Crippen LogP contribution in [0.5, 0.6) is 5.75 Å². The number of sulfonamides is 1. The summed E-state index contributed by atoms with van der Waals surface area (Å²) in [6.07, 6.45) is 2.48. The summed E-state index contributed by atoms with van der Waals surface area (Å²) >= 11 is 0. The first-order valence-corrected chi connectivity index (χ1v) is 12.0. The number of nitrogens with one attached hydrogen (secondary N) is 1. The Bertz CT molecular complexity index is 808. The van der Waals surface area contributed by atoms with Gasteiger partial charge in [0.2, 0.25) is 10.0 Å². The Labute approximate surface area is 179 Å². The average Bonchev–Trinajstić information content (AvgIpc) is 2.64. The van der Waals surface area contributed by atoms with Gasteiger partial charge in [0.15, 0.2) is 0 Å². The summed E-state index contributed by atoms with van der Waals surface area (Å²) in [6.45, 7) is 6.57. The van der Waals surface area contributed by atoms with Crippen LogP contribution in [0.15, 0.2) is 18.2 Å². The van der Waals surface area contributed by atoms with Crippen molar-refractivity contribution in [1.82, 2.24) is 4.72 Å². The molecular weight excluding hydrogens is 410 g/mol. The Hall–Kier alpha value is -1.68. The van der Waals surface area contributed by atoms with Gasteiger partial charge in [-0.3, -0.25) is 0 Å². The summed E-state index contributed by atoms with van der Waals surface area (Å²) in [5.41, 5.74) is 1.44. The van der Waals surface area contributed by atoms with E-state index in [0.717, 1.165) is 29.7 Å². The molecule has 1 aliphatic heterocycles. The Kier molecular flexibility index (Phi) is 9.09. The predicted octanol–water partition coefficient (Wildman–Crippen LogP) is 2.67. The fraction of sp³-hybridized carbons (Fsp3) is 0.667. The fourth-order valence-electron chi connectivity index (χ4n) is 3.35. The predicted molar refractivity (Wildman–Crippen MR) is 113 cm³/mol. The lowest BCUT2D eigenvalue weighted by atomic mass is 9.88. The van der Waals surface area contributed by atoms with E-state index in [2.05, 4.69) is 11.6 Å². The van der Waals surface area contributed by atoms with E-state index in [1.165, 1.54) is 0 Å². The van der Waals surface area contributed by atoms with Gasteiger partial charge in [-0.15, -0.1) is 0 Å². The van der Waals surface area contributed by atoms with Crippen LogP contribution in [-0.4, -0.2) is 57.2 Å². The standard InChI is InChI=1S/C21H33NO7S/c1-4-5-11-28-17-8-7-16-13-21(2,3)29-19(18(16)12-17)15-30(25,26)22-9-6-10-27-14-20(23)24/h7-8,12,19,22H,4-6,9-11,13-15H2,1-3H3,(H,23,24). The van der Waals surface area contributed by atoms with E-state index in [9.17, 15) is 13.2 Å². The second-order valence-electron chi connectivity index (χ2n) is 8.08. The maximum absolute atomic E-state index is 12.6. The summed E-state index contributed by atoms with van der Waals surface area (Å²) in [7, 11) is -3.60. The molecule has 1 aromatic carbocycles. The lowest BCUT2D eigenvalue weighted by Gasteiger charge is -2.37. The minimum Gasteiger partial charge on any atom is -0.494 e. The minimum atomic E-state index is -3.60. The first-order chi connectivity index (χ1) is 14.1. The van der Waals surface area contributed by atoms with Crippen molar-refractivity contribution >= 4 is 16.0 Å². The molecule has 30 heavy (non-hydrogen) atoms. The molecule has 1 heterocycles. The number of carbonyl (C=O) groups is 1. The van der Waals surface area contributed by atoms with Gasteiger partial charge in [-0.2, -0.15) is 0 Å². The van der Waals surface area contributed by atoms with Crippen LogP contribution in [0.3, 0.4) is 0 Å². The van der Waals surface area contributed by atoms with Gasteiger partial charge in [-0.25, -0.2) is 17.9 Å². The maximum atomic E-state index is 12.6. The van der Waals surface area contributed by atoms with Crippen molar-refractivity contribution in [2.45, 2.75) is 58.2 Å². The van der Waals surface area contributed by atoms with Gasteiger partial charge in [-0.05, 0) is 49.9 Å². The third-order valence-electron chi connectivity index (χ3n) is 4.69. The van der Waals surface area contributed by atoms with Crippen molar-refractivity contribution in [2.24, 2.45) is 0 Å². The van der Waals surface area contributed by atoms with Crippen LogP contribution in [-0.2, 0) is 30.7 Å². The maximum Gasteiger partial charge on any atom is 0.329 e. The summed E-state index contributed by atoms with van der Waals surface area (Å²) < 4.78 is 44.6. The molecule has 1 aromatic rings. The van der Waals surface area contributed by atoms with E-state index in [1.54, 1.807) is 0 Å². The number of benzene rings is 1. The number of hydrogen-bond acceptors (Lipinski definition) is 6. The van der Waals surface area contributed by atoms with Crippen LogP contribution in [0.1, 0.15) is 57.3 Å². The highest BCUT2D eigenvalue weighted by molar-refractivity contribution is 7.89. The molecule has 9 heteroatoms. The molecule has 0 spiro atoms. The molecule has 2 N–H and O–H groups in total. The third-order valence-corrected chi connectivity index (χ3v) is 6.08. The molecule has 0 radical (unpaired) electrons. The SMILES string of the molecule is CCCCOc1ccc2c(c1)C(CS(=O)(=O)NCCCOCC(=O)O)OC(C)(C)C2. The van der Waals surface area contributed by atoms with E-state index >= 15 is 0 Å². The largest absolute Gasteiger partial charge is 0.494 e. The van der Waals surface area contributed by atoms with Crippen molar-refractivity contribution in [3.8, 4) is 5.75 Å². The minimum absolute atomic E-state index is 0.170. The van der Waals surface area contributed by atoms with Gasteiger partial charge in [0.1, 0.15) is 12.4 Å². The second kappa shape index (κ2) is 11.1. The normalized spacial score (nSPS) is 18.0. The number of carboxylic acids is 1. The van der Waals surface area contributed by atoms with Crippen molar-refractivity contribution in [2.75, 3.05) is 32.1 Å². The highest BCUT2D eigenvalue weighted by Crippen LogP contribution is 2.38. The van der Waals surface area contributed by atoms with Crippen LogP contribution >= 0.6 is 0 Å². The van der Waals surface area contributed by atoms with Gasteiger partial charge in [-0.1, -0.05) is 19.4 Å². The quantitative estimate of drug-likeness (QED) is 0.451. The van der Waals surface area contributed by atoms with Gasteiger partial charge < -0.3 is 19.3 Å². The zero-order valence-corrected chi connectivity index (χ0v) is 18.8. The van der Waals surface area contributed by atoms with Crippen molar-refractivity contribution in [3.63, 3.8) is 0 Å². The topological polar surface area (TPSA) is 111 Å². The molecule has 0 aromatic heterocycles. The van der Waals surface area contributed by atoms with Crippen molar-refractivity contribution in [3.05, 3.63) is 29.3 Å². The summed E-state index contributed by atoms with van der Waals surface area (Å²) in [4.78, 5) is 10.4. The molecule has 170 valence electrons. The van der Waals surface area contributed by atoms with Crippen LogP contribution in [0.4, 0.5) is 0 Å². The van der Waals surface area contributed by atoms with E-state index in [4.69, 9.17) is 19.3 Å². The number of rotatable bonds is 13. The number of hydrogen-bond donors (Lipinski definition) is 2. The van der Waals surface area contributed by atoms with Gasteiger partial charge in [0.05, 0.1) is 24.1 Å². The molecule has 0 fully saturated rings. The first kappa shape index (κ1) is 24.6. The van der Waals surface area contributed by atoms with E-state index < -0.39 is 34.3 Å². The number of carboxylic acid groups (broad SMARTS) is 1. The molecule has 0 amide bonds. The number of ether oxygens (including phenoxy) is 3. The van der Waals surface area contributed by atoms with Crippen LogP contribution in [0, 0.1) is 0 Å².